The van der Waals surface area contributed by atoms with E-state index in [2.05, 4.69) is 34.6 Å². The molecule has 7 nitrogen and oxygen atoms in total. The SMILES string of the molecule is O=C(C#CCNC(=O)OCC1c2ccccc2-c2ccccc21)NCC(C(=O)O)C1CCC1. The summed E-state index contributed by atoms with van der Waals surface area (Å²) in [6.45, 7) is 0.216. The topological polar surface area (TPSA) is 105 Å². The number of rotatable bonds is 7. The number of fused-ring (bicyclic) bond motifs is 3. The highest BCUT2D eigenvalue weighted by molar-refractivity contribution is 5.93. The van der Waals surface area contributed by atoms with Gasteiger partial charge in [0.1, 0.15) is 6.61 Å². The van der Waals surface area contributed by atoms with Gasteiger partial charge in [-0.2, -0.15) is 0 Å². The standard InChI is InChI=1S/C26H26N2O5/c29-24(28-15-22(25(30)31)17-7-5-8-17)13-6-14-27-26(32)33-16-23-20-11-3-1-9-18(20)19-10-2-4-12-21(19)23/h1-4,9-12,17,22-23H,5,7-8,14-16H2,(H,27,32)(H,28,29)(H,30,31). The lowest BCUT2D eigenvalue weighted by Gasteiger charge is -2.30. The van der Waals surface area contributed by atoms with E-state index >= 15 is 0 Å². The van der Waals surface area contributed by atoms with Gasteiger partial charge in [0.15, 0.2) is 0 Å². The minimum Gasteiger partial charge on any atom is -0.481 e. The Balaban J connectivity index is 1.22. The van der Waals surface area contributed by atoms with Crippen LogP contribution in [0.2, 0.25) is 0 Å². The summed E-state index contributed by atoms with van der Waals surface area (Å²) in [7, 11) is 0. The number of carbonyl (C=O) groups is 3. The van der Waals surface area contributed by atoms with E-state index in [4.69, 9.17) is 4.74 Å². The summed E-state index contributed by atoms with van der Waals surface area (Å²) in [5.41, 5.74) is 4.57. The molecule has 0 heterocycles. The van der Waals surface area contributed by atoms with Crippen LogP contribution in [0.4, 0.5) is 4.79 Å². The average molecular weight is 447 g/mol. The molecule has 0 radical (unpaired) electrons. The molecule has 7 heteroatoms. The van der Waals surface area contributed by atoms with Crippen molar-refractivity contribution in [2.75, 3.05) is 19.7 Å². The Morgan fingerprint density at radius 3 is 2.21 bits per heavy atom. The zero-order valence-electron chi connectivity index (χ0n) is 18.2. The number of amides is 2. The number of carboxylic acids is 1. The number of hydrogen-bond donors (Lipinski definition) is 3. The zero-order valence-corrected chi connectivity index (χ0v) is 18.2. The molecule has 2 aromatic carbocycles. The largest absolute Gasteiger partial charge is 0.481 e. The molecule has 1 atom stereocenters. The molecule has 2 aliphatic rings. The first-order valence-electron chi connectivity index (χ1n) is 11.1. The molecule has 4 rings (SSSR count). The minimum atomic E-state index is -0.898. The number of benzene rings is 2. The van der Waals surface area contributed by atoms with E-state index in [0.717, 1.165) is 41.5 Å². The maximum Gasteiger partial charge on any atom is 0.407 e. The van der Waals surface area contributed by atoms with Gasteiger partial charge in [-0.25, -0.2) is 4.79 Å². The highest BCUT2D eigenvalue weighted by Crippen LogP contribution is 2.44. The van der Waals surface area contributed by atoms with Crippen molar-refractivity contribution >= 4 is 18.0 Å². The van der Waals surface area contributed by atoms with E-state index in [1.54, 1.807) is 0 Å². The van der Waals surface area contributed by atoms with Crippen LogP contribution in [-0.4, -0.2) is 42.8 Å². The Hall–Kier alpha value is -3.79. The molecule has 3 N–H and O–H groups in total. The van der Waals surface area contributed by atoms with Crippen LogP contribution < -0.4 is 10.6 Å². The number of hydrogen-bond acceptors (Lipinski definition) is 4. The second-order valence-corrected chi connectivity index (χ2v) is 8.33. The number of alkyl carbamates (subject to hydrolysis) is 1. The molecular formula is C26H26N2O5. The quantitative estimate of drug-likeness (QED) is 0.567. The summed E-state index contributed by atoms with van der Waals surface area (Å²) in [5, 5.41) is 14.4. The van der Waals surface area contributed by atoms with E-state index in [0.29, 0.717) is 0 Å². The van der Waals surface area contributed by atoms with Crippen molar-refractivity contribution in [3.63, 3.8) is 0 Å². The first-order chi connectivity index (χ1) is 16.0. The molecule has 0 aromatic heterocycles. The number of ether oxygens (including phenoxy) is 1. The fourth-order valence-electron chi connectivity index (χ4n) is 4.43. The second kappa shape index (κ2) is 10.2. The molecular weight excluding hydrogens is 420 g/mol. The normalized spacial score (nSPS) is 15.2. The van der Waals surface area contributed by atoms with E-state index in [1.807, 2.05) is 36.4 Å². The van der Waals surface area contributed by atoms with Gasteiger partial charge in [-0.3, -0.25) is 9.59 Å². The Morgan fingerprint density at radius 2 is 1.64 bits per heavy atom. The molecule has 2 aromatic rings. The second-order valence-electron chi connectivity index (χ2n) is 8.33. The van der Waals surface area contributed by atoms with Crippen LogP contribution in [0.5, 0.6) is 0 Å². The van der Waals surface area contributed by atoms with Crippen LogP contribution in [0.15, 0.2) is 48.5 Å². The van der Waals surface area contributed by atoms with Crippen LogP contribution in [0.1, 0.15) is 36.3 Å². The highest BCUT2D eigenvalue weighted by atomic mass is 16.5. The molecule has 2 aliphatic carbocycles. The van der Waals surface area contributed by atoms with E-state index in [-0.39, 0.29) is 31.5 Å². The minimum absolute atomic E-state index is 0.0298. The fraction of sp³-hybridized carbons (Fsp3) is 0.346. The molecule has 170 valence electrons. The number of carbonyl (C=O) groups excluding carboxylic acids is 2. The van der Waals surface area contributed by atoms with Gasteiger partial charge >= 0.3 is 12.1 Å². The molecule has 0 bridgehead atoms. The van der Waals surface area contributed by atoms with Crippen molar-refractivity contribution in [2.45, 2.75) is 25.2 Å². The summed E-state index contributed by atoms with van der Waals surface area (Å²) in [5.74, 6) is 2.98. The lowest BCUT2D eigenvalue weighted by atomic mass is 9.76. The van der Waals surface area contributed by atoms with Crippen molar-refractivity contribution < 1.29 is 24.2 Å². The maximum atomic E-state index is 12.1. The van der Waals surface area contributed by atoms with Gasteiger partial charge in [-0.1, -0.05) is 60.9 Å². The van der Waals surface area contributed by atoms with Crippen LogP contribution in [0.25, 0.3) is 11.1 Å². The van der Waals surface area contributed by atoms with Crippen molar-refractivity contribution in [3.05, 3.63) is 59.7 Å². The number of nitrogens with one attached hydrogen (secondary N) is 2. The van der Waals surface area contributed by atoms with Gasteiger partial charge < -0.3 is 20.5 Å². The average Bonchev–Trinajstić information content (AvgIpc) is 3.10. The molecule has 33 heavy (non-hydrogen) atoms. The maximum absolute atomic E-state index is 12.1. The van der Waals surface area contributed by atoms with E-state index in [9.17, 15) is 19.5 Å². The predicted octanol–water partition coefficient (Wildman–Crippen LogP) is 3.15. The van der Waals surface area contributed by atoms with Crippen LogP contribution in [-0.2, 0) is 14.3 Å². The van der Waals surface area contributed by atoms with Crippen molar-refractivity contribution in [1.82, 2.24) is 10.6 Å². The molecule has 0 spiro atoms. The molecule has 0 saturated heterocycles. The van der Waals surface area contributed by atoms with Crippen molar-refractivity contribution in [1.29, 1.82) is 0 Å². The molecule has 1 saturated carbocycles. The Morgan fingerprint density at radius 1 is 1.00 bits per heavy atom. The van der Waals surface area contributed by atoms with Crippen molar-refractivity contribution in [3.8, 4) is 23.0 Å². The first-order valence-corrected chi connectivity index (χ1v) is 11.1. The van der Waals surface area contributed by atoms with Gasteiger partial charge in [0.25, 0.3) is 5.91 Å². The summed E-state index contributed by atoms with van der Waals surface area (Å²) < 4.78 is 5.41. The van der Waals surface area contributed by atoms with Gasteiger partial charge in [-0.05, 0) is 46.9 Å². The zero-order chi connectivity index (χ0) is 23.2. The Bertz CT molecular complexity index is 1070. The molecule has 2 amide bonds. The number of aliphatic carboxylic acids is 1. The summed E-state index contributed by atoms with van der Waals surface area (Å²) in [4.78, 5) is 35.3. The Labute approximate surface area is 192 Å². The van der Waals surface area contributed by atoms with Crippen LogP contribution >= 0.6 is 0 Å². The first kappa shape index (κ1) is 22.4. The predicted molar refractivity (Wildman–Crippen MR) is 122 cm³/mol. The summed E-state index contributed by atoms with van der Waals surface area (Å²) in [6.07, 6.45) is 2.18. The third-order valence-electron chi connectivity index (χ3n) is 6.39. The fourth-order valence-corrected chi connectivity index (χ4v) is 4.43. The lowest BCUT2D eigenvalue weighted by Crippen LogP contribution is -2.38. The molecule has 1 unspecified atom stereocenters. The van der Waals surface area contributed by atoms with Gasteiger partial charge in [-0.15, -0.1) is 0 Å². The third-order valence-corrected chi connectivity index (χ3v) is 6.39. The highest BCUT2D eigenvalue weighted by Gasteiger charge is 2.32. The van der Waals surface area contributed by atoms with Crippen LogP contribution in [0, 0.1) is 23.7 Å². The van der Waals surface area contributed by atoms with Crippen molar-refractivity contribution in [2.24, 2.45) is 11.8 Å². The smallest absolute Gasteiger partial charge is 0.407 e. The van der Waals surface area contributed by atoms with Crippen LogP contribution in [0.3, 0.4) is 0 Å². The summed E-state index contributed by atoms with van der Waals surface area (Å²) >= 11 is 0. The monoisotopic (exact) mass is 446 g/mol. The third kappa shape index (κ3) is 5.17. The molecule has 1 fully saturated rings. The molecule has 0 aliphatic heterocycles. The van der Waals surface area contributed by atoms with Gasteiger partial charge in [0.05, 0.1) is 12.5 Å². The number of carboxylic acid groups (broad SMARTS) is 1. The van der Waals surface area contributed by atoms with E-state index < -0.39 is 23.9 Å². The van der Waals surface area contributed by atoms with Gasteiger partial charge in [0, 0.05) is 12.5 Å². The van der Waals surface area contributed by atoms with Gasteiger partial charge in [0.2, 0.25) is 0 Å². The lowest BCUT2D eigenvalue weighted by molar-refractivity contribution is -0.144. The Kier molecular flexibility index (Phi) is 6.94. The van der Waals surface area contributed by atoms with E-state index in [1.165, 1.54) is 0 Å². The summed E-state index contributed by atoms with van der Waals surface area (Å²) in [6, 6.07) is 16.2.